The molecular weight excluding hydrogens is 284 g/mol. The van der Waals surface area contributed by atoms with Gasteiger partial charge in [-0.2, -0.15) is 0 Å². The van der Waals surface area contributed by atoms with Crippen molar-refractivity contribution in [2.24, 2.45) is 5.84 Å². The lowest BCUT2D eigenvalue weighted by molar-refractivity contribution is 0.581. The number of anilines is 1. The quantitative estimate of drug-likeness (QED) is 0.569. The second-order valence-corrected chi connectivity index (χ2v) is 6.56. The van der Waals surface area contributed by atoms with E-state index in [9.17, 15) is 8.42 Å². The maximum atomic E-state index is 12.1. The van der Waals surface area contributed by atoms with Crippen molar-refractivity contribution in [1.82, 2.24) is 9.71 Å². The highest BCUT2D eigenvalue weighted by atomic mass is 32.2. The van der Waals surface area contributed by atoms with Crippen LogP contribution < -0.4 is 16.0 Å². The molecule has 1 heterocycles. The zero-order chi connectivity index (χ0) is 13.9. The van der Waals surface area contributed by atoms with Gasteiger partial charge in [0.1, 0.15) is 0 Å². The number of rotatable bonds is 5. The summed E-state index contributed by atoms with van der Waals surface area (Å²) in [6.45, 7) is 2.09. The number of nitrogens with zero attached hydrogens (tertiary/aromatic N) is 1. The molecule has 0 unspecified atom stereocenters. The summed E-state index contributed by atoms with van der Waals surface area (Å²) in [5.74, 6) is 5.23. The average Bonchev–Trinajstić information content (AvgIpc) is 2.82. The van der Waals surface area contributed by atoms with Gasteiger partial charge in [0.15, 0.2) is 0 Å². The molecule has 0 radical (unpaired) electrons. The Kier molecular flexibility index (Phi) is 4.15. The molecule has 0 saturated carbocycles. The van der Waals surface area contributed by atoms with Gasteiger partial charge in [0.05, 0.1) is 16.1 Å². The third-order valence-electron chi connectivity index (χ3n) is 2.60. The number of nitrogens with one attached hydrogen (secondary N) is 2. The van der Waals surface area contributed by atoms with Gasteiger partial charge in [-0.05, 0) is 31.2 Å². The molecule has 0 spiro atoms. The van der Waals surface area contributed by atoms with Crippen molar-refractivity contribution in [3.05, 3.63) is 40.3 Å². The Morgan fingerprint density at radius 2 is 2.00 bits per heavy atom. The fourth-order valence-corrected chi connectivity index (χ4v) is 3.27. The normalized spacial score (nSPS) is 11.5. The Bertz CT molecular complexity index is 650. The van der Waals surface area contributed by atoms with E-state index in [4.69, 9.17) is 5.84 Å². The van der Waals surface area contributed by atoms with Gasteiger partial charge in [0.25, 0.3) is 0 Å². The van der Waals surface area contributed by atoms with Gasteiger partial charge in [0, 0.05) is 17.1 Å². The van der Waals surface area contributed by atoms with E-state index < -0.39 is 10.0 Å². The SMILES string of the molecule is Cc1ncsc1CNS(=O)(=O)c1ccc(NN)cc1. The fourth-order valence-electron chi connectivity index (χ4n) is 1.47. The zero-order valence-electron chi connectivity index (χ0n) is 10.3. The molecule has 4 N–H and O–H groups in total. The highest BCUT2D eigenvalue weighted by Gasteiger charge is 2.14. The number of hydrogen-bond acceptors (Lipinski definition) is 6. The van der Waals surface area contributed by atoms with Crippen LogP contribution in [0.3, 0.4) is 0 Å². The van der Waals surface area contributed by atoms with Crippen molar-refractivity contribution in [1.29, 1.82) is 0 Å². The van der Waals surface area contributed by atoms with Crippen molar-refractivity contribution in [3.63, 3.8) is 0 Å². The fraction of sp³-hybridized carbons (Fsp3) is 0.182. The Morgan fingerprint density at radius 3 is 2.53 bits per heavy atom. The van der Waals surface area contributed by atoms with E-state index in [1.54, 1.807) is 17.6 Å². The molecule has 19 heavy (non-hydrogen) atoms. The summed E-state index contributed by atoms with van der Waals surface area (Å²) < 4.78 is 26.7. The number of aromatic nitrogens is 1. The number of sulfonamides is 1. The minimum absolute atomic E-state index is 0.202. The van der Waals surface area contributed by atoms with Gasteiger partial charge in [-0.3, -0.25) is 5.84 Å². The number of nitrogen functional groups attached to an aromatic ring is 1. The van der Waals surface area contributed by atoms with Gasteiger partial charge in [-0.1, -0.05) is 0 Å². The van der Waals surface area contributed by atoms with E-state index in [2.05, 4.69) is 15.1 Å². The van der Waals surface area contributed by atoms with Gasteiger partial charge in [0.2, 0.25) is 10.0 Å². The maximum absolute atomic E-state index is 12.1. The third-order valence-corrected chi connectivity index (χ3v) is 4.95. The van der Waals surface area contributed by atoms with Crippen molar-refractivity contribution in [2.75, 3.05) is 5.43 Å². The Morgan fingerprint density at radius 1 is 1.32 bits per heavy atom. The minimum atomic E-state index is -3.52. The van der Waals surface area contributed by atoms with Crippen LogP contribution in [0.5, 0.6) is 0 Å². The largest absolute Gasteiger partial charge is 0.324 e. The molecule has 0 bridgehead atoms. The van der Waals surface area contributed by atoms with Crippen molar-refractivity contribution in [2.45, 2.75) is 18.4 Å². The van der Waals surface area contributed by atoms with Crippen molar-refractivity contribution >= 4 is 27.0 Å². The van der Waals surface area contributed by atoms with Crippen molar-refractivity contribution in [3.8, 4) is 0 Å². The van der Waals surface area contributed by atoms with Crippen LogP contribution in [-0.2, 0) is 16.6 Å². The average molecular weight is 298 g/mol. The molecule has 1 aromatic carbocycles. The molecule has 6 nitrogen and oxygen atoms in total. The second-order valence-electron chi connectivity index (χ2n) is 3.85. The molecule has 0 aliphatic carbocycles. The third kappa shape index (κ3) is 3.29. The molecule has 0 fully saturated rings. The van der Waals surface area contributed by atoms with Crippen molar-refractivity contribution < 1.29 is 8.42 Å². The molecule has 2 rings (SSSR count). The molecule has 0 atom stereocenters. The smallest absolute Gasteiger partial charge is 0.240 e. The number of aryl methyl sites for hydroxylation is 1. The van der Waals surface area contributed by atoms with Crippen LogP contribution in [-0.4, -0.2) is 13.4 Å². The lowest BCUT2D eigenvalue weighted by Gasteiger charge is -2.07. The first kappa shape index (κ1) is 13.9. The maximum Gasteiger partial charge on any atom is 0.240 e. The van der Waals surface area contributed by atoms with Crippen LogP contribution in [0.2, 0.25) is 0 Å². The molecule has 102 valence electrons. The van der Waals surface area contributed by atoms with Gasteiger partial charge >= 0.3 is 0 Å². The number of hydrazine groups is 1. The second kappa shape index (κ2) is 5.66. The first-order chi connectivity index (χ1) is 9.03. The topological polar surface area (TPSA) is 97.1 Å². The standard InChI is InChI=1S/C11H14N4O2S2/c1-8-11(18-7-13-8)6-14-19(16,17)10-4-2-9(15-12)3-5-10/h2-5,7,14-15H,6,12H2,1H3. The molecule has 0 amide bonds. The summed E-state index contributed by atoms with van der Waals surface area (Å²) in [4.78, 5) is 5.18. The number of hydrogen-bond donors (Lipinski definition) is 3. The summed E-state index contributed by atoms with van der Waals surface area (Å²) in [6, 6.07) is 6.20. The van der Waals surface area contributed by atoms with E-state index in [1.807, 2.05) is 6.92 Å². The van der Waals surface area contributed by atoms with Crippen LogP contribution in [0.1, 0.15) is 10.6 Å². The first-order valence-electron chi connectivity index (χ1n) is 5.48. The van der Waals surface area contributed by atoms with E-state index in [1.165, 1.54) is 23.5 Å². The Balaban J connectivity index is 2.11. The first-order valence-corrected chi connectivity index (χ1v) is 7.84. The summed E-state index contributed by atoms with van der Waals surface area (Å²) in [7, 11) is -3.52. The van der Waals surface area contributed by atoms with Gasteiger partial charge in [-0.25, -0.2) is 18.1 Å². The predicted molar refractivity (Wildman–Crippen MR) is 75.1 cm³/mol. The van der Waals surface area contributed by atoms with Crippen LogP contribution in [0.15, 0.2) is 34.7 Å². The highest BCUT2D eigenvalue weighted by Crippen LogP contribution is 2.15. The van der Waals surface area contributed by atoms with Gasteiger partial charge < -0.3 is 5.43 Å². The van der Waals surface area contributed by atoms with Crippen LogP contribution in [0, 0.1) is 6.92 Å². The van der Waals surface area contributed by atoms with E-state index >= 15 is 0 Å². The Hall–Kier alpha value is -1.48. The van der Waals surface area contributed by atoms with Crippen LogP contribution >= 0.6 is 11.3 Å². The molecule has 2 aromatic rings. The molecule has 0 aliphatic rings. The number of nitrogens with two attached hydrogens (primary N) is 1. The van der Waals surface area contributed by atoms with Gasteiger partial charge in [-0.15, -0.1) is 11.3 Å². The highest BCUT2D eigenvalue weighted by molar-refractivity contribution is 7.89. The monoisotopic (exact) mass is 298 g/mol. The van der Waals surface area contributed by atoms with Crippen LogP contribution in [0.25, 0.3) is 0 Å². The number of thiazole rings is 1. The summed E-state index contributed by atoms with van der Waals surface area (Å²) in [6.07, 6.45) is 0. The summed E-state index contributed by atoms with van der Waals surface area (Å²) in [5, 5.41) is 0. The van der Waals surface area contributed by atoms with Crippen LogP contribution in [0.4, 0.5) is 5.69 Å². The lowest BCUT2D eigenvalue weighted by atomic mass is 10.3. The Labute approximate surface area is 115 Å². The summed E-state index contributed by atoms with van der Waals surface area (Å²) in [5.41, 5.74) is 5.63. The molecule has 1 aromatic heterocycles. The molecule has 8 heteroatoms. The van der Waals surface area contributed by atoms with E-state index in [0.29, 0.717) is 5.69 Å². The molecular formula is C11H14N4O2S2. The molecule has 0 aliphatic heterocycles. The van der Waals surface area contributed by atoms with E-state index in [-0.39, 0.29) is 11.4 Å². The van der Waals surface area contributed by atoms with E-state index in [0.717, 1.165) is 10.6 Å². The predicted octanol–water partition coefficient (Wildman–Crippen LogP) is 1.22. The zero-order valence-corrected chi connectivity index (χ0v) is 11.9. The molecule has 0 saturated heterocycles. The number of benzene rings is 1. The minimum Gasteiger partial charge on any atom is -0.324 e. The summed E-state index contributed by atoms with van der Waals surface area (Å²) >= 11 is 1.43. The lowest BCUT2D eigenvalue weighted by Crippen LogP contribution is -2.23.